The van der Waals surface area contributed by atoms with E-state index in [0.29, 0.717) is 37.9 Å². The van der Waals surface area contributed by atoms with Crippen molar-refractivity contribution in [3.8, 4) is 5.75 Å². The van der Waals surface area contributed by atoms with Gasteiger partial charge in [-0.1, -0.05) is 0 Å². The summed E-state index contributed by atoms with van der Waals surface area (Å²) in [5, 5.41) is 10.9. The molecule has 26 heavy (non-hydrogen) atoms. The van der Waals surface area contributed by atoms with Crippen LogP contribution in [0.1, 0.15) is 36.0 Å². The van der Waals surface area contributed by atoms with Crippen LogP contribution in [0.4, 0.5) is 5.69 Å². The van der Waals surface area contributed by atoms with Gasteiger partial charge in [-0.05, 0) is 31.4 Å². The molecule has 1 aromatic rings. The molecule has 142 valence electrons. The quantitative estimate of drug-likeness (QED) is 0.193. The number of nitrogens with zero attached hydrogens (tertiary/aromatic N) is 2. The SMILES string of the molecule is COC(=O)CN(C)C(=O)CCCCCOc1ccc(C=O)c([N+](=O)[O-])c1. The molecule has 0 heterocycles. The largest absolute Gasteiger partial charge is 0.493 e. The van der Waals surface area contributed by atoms with Gasteiger partial charge < -0.3 is 14.4 Å². The summed E-state index contributed by atoms with van der Waals surface area (Å²) in [5.74, 6) is -0.295. The van der Waals surface area contributed by atoms with Gasteiger partial charge >= 0.3 is 5.97 Å². The molecule has 0 aliphatic carbocycles. The van der Waals surface area contributed by atoms with Gasteiger partial charge in [-0.25, -0.2) is 0 Å². The number of ether oxygens (including phenoxy) is 2. The van der Waals surface area contributed by atoms with Crippen LogP contribution >= 0.6 is 0 Å². The number of esters is 1. The zero-order valence-corrected chi connectivity index (χ0v) is 14.8. The molecule has 1 rings (SSSR count). The zero-order valence-electron chi connectivity index (χ0n) is 14.8. The van der Waals surface area contributed by atoms with E-state index in [1.807, 2.05) is 0 Å². The topological polar surface area (TPSA) is 116 Å². The van der Waals surface area contributed by atoms with E-state index in [4.69, 9.17) is 4.74 Å². The predicted molar refractivity (Wildman–Crippen MR) is 92.1 cm³/mol. The summed E-state index contributed by atoms with van der Waals surface area (Å²) in [6, 6.07) is 4.06. The molecule has 0 spiro atoms. The Bertz CT molecular complexity index is 661. The van der Waals surface area contributed by atoms with Crippen molar-refractivity contribution in [2.45, 2.75) is 25.7 Å². The highest BCUT2D eigenvalue weighted by atomic mass is 16.6. The Morgan fingerprint density at radius 2 is 2.00 bits per heavy atom. The average Bonchev–Trinajstić information content (AvgIpc) is 2.63. The Morgan fingerprint density at radius 3 is 2.62 bits per heavy atom. The number of methoxy groups -OCH3 is 1. The van der Waals surface area contributed by atoms with Crippen molar-refractivity contribution in [2.24, 2.45) is 0 Å². The van der Waals surface area contributed by atoms with Crippen LogP contribution in [0.25, 0.3) is 0 Å². The highest BCUT2D eigenvalue weighted by molar-refractivity contribution is 5.82. The van der Waals surface area contributed by atoms with E-state index in [-0.39, 0.29) is 23.7 Å². The number of carbonyl (C=O) groups excluding carboxylic acids is 3. The molecule has 0 aliphatic rings. The van der Waals surface area contributed by atoms with E-state index in [1.54, 1.807) is 0 Å². The van der Waals surface area contributed by atoms with E-state index in [2.05, 4.69) is 4.74 Å². The number of hydrogen-bond donors (Lipinski definition) is 0. The molecule has 0 unspecified atom stereocenters. The van der Waals surface area contributed by atoms with E-state index in [0.717, 1.165) is 6.42 Å². The first-order chi connectivity index (χ1) is 12.4. The number of carbonyl (C=O) groups is 3. The number of rotatable bonds is 11. The van der Waals surface area contributed by atoms with Crippen LogP contribution in [0, 0.1) is 10.1 Å². The predicted octanol–water partition coefficient (Wildman–Crippen LogP) is 1.98. The Kier molecular flexibility index (Phi) is 8.76. The minimum atomic E-state index is -0.632. The maximum Gasteiger partial charge on any atom is 0.325 e. The van der Waals surface area contributed by atoms with Gasteiger partial charge in [0, 0.05) is 13.5 Å². The Balaban J connectivity index is 2.30. The summed E-state index contributed by atoms with van der Waals surface area (Å²) in [6.07, 6.45) is 2.77. The number of aldehydes is 1. The standard InChI is InChI=1S/C17H22N2O7/c1-18(11-17(22)25-2)16(21)6-4-3-5-9-26-14-8-7-13(12-20)15(10-14)19(23)24/h7-8,10,12H,3-6,9,11H2,1-2H3. The van der Waals surface area contributed by atoms with E-state index < -0.39 is 10.9 Å². The molecule has 0 radical (unpaired) electrons. The molecular formula is C17H22N2O7. The lowest BCUT2D eigenvalue weighted by molar-refractivity contribution is -0.385. The maximum atomic E-state index is 11.8. The first-order valence-electron chi connectivity index (χ1n) is 8.06. The van der Waals surface area contributed by atoms with Crippen molar-refractivity contribution in [3.63, 3.8) is 0 Å². The summed E-state index contributed by atoms with van der Waals surface area (Å²) in [7, 11) is 2.81. The van der Waals surface area contributed by atoms with E-state index in [1.165, 1.54) is 37.3 Å². The third-order valence-corrected chi connectivity index (χ3v) is 3.65. The lowest BCUT2D eigenvalue weighted by atomic mass is 10.2. The molecule has 1 amide bonds. The van der Waals surface area contributed by atoms with Crippen molar-refractivity contribution >= 4 is 23.9 Å². The van der Waals surface area contributed by atoms with Gasteiger partial charge in [0.1, 0.15) is 12.3 Å². The van der Waals surface area contributed by atoms with Crippen LogP contribution in [0.3, 0.4) is 0 Å². The molecule has 9 heteroatoms. The molecular weight excluding hydrogens is 344 g/mol. The third-order valence-electron chi connectivity index (χ3n) is 3.65. The van der Waals surface area contributed by atoms with E-state index in [9.17, 15) is 24.5 Å². The fourth-order valence-electron chi connectivity index (χ4n) is 2.15. The summed E-state index contributed by atoms with van der Waals surface area (Å²) in [4.78, 5) is 45.2. The third kappa shape index (κ3) is 6.88. The molecule has 0 atom stereocenters. The van der Waals surface area contributed by atoms with E-state index >= 15 is 0 Å². The van der Waals surface area contributed by atoms with Gasteiger partial charge in [0.05, 0.1) is 30.3 Å². The van der Waals surface area contributed by atoms with Crippen molar-refractivity contribution in [1.29, 1.82) is 0 Å². The Hall–Kier alpha value is -2.97. The van der Waals surface area contributed by atoms with Gasteiger partial charge in [0.2, 0.25) is 5.91 Å². The van der Waals surface area contributed by atoms with Gasteiger partial charge in [0.25, 0.3) is 5.69 Å². The second-order valence-electron chi connectivity index (χ2n) is 5.58. The van der Waals surface area contributed by atoms with Crippen LogP contribution in [0.5, 0.6) is 5.75 Å². The monoisotopic (exact) mass is 366 g/mol. The second-order valence-corrected chi connectivity index (χ2v) is 5.58. The lowest BCUT2D eigenvalue weighted by Crippen LogP contribution is -2.32. The fraction of sp³-hybridized carbons (Fsp3) is 0.471. The number of nitro benzene ring substituents is 1. The van der Waals surface area contributed by atoms with Gasteiger partial charge in [-0.15, -0.1) is 0 Å². The smallest absolute Gasteiger partial charge is 0.325 e. The fourth-order valence-corrected chi connectivity index (χ4v) is 2.15. The number of benzene rings is 1. The molecule has 0 aromatic heterocycles. The first-order valence-corrected chi connectivity index (χ1v) is 8.06. The molecule has 1 aromatic carbocycles. The van der Waals surface area contributed by atoms with Crippen LogP contribution < -0.4 is 4.74 Å². The van der Waals surface area contributed by atoms with Gasteiger partial charge in [-0.3, -0.25) is 24.5 Å². The number of hydrogen-bond acceptors (Lipinski definition) is 7. The van der Waals surface area contributed by atoms with Gasteiger partial charge in [-0.2, -0.15) is 0 Å². The summed E-state index contributed by atoms with van der Waals surface area (Å²) in [5.41, 5.74) is -0.298. The zero-order chi connectivity index (χ0) is 19.5. The molecule has 0 N–H and O–H groups in total. The van der Waals surface area contributed by atoms with Crippen LogP contribution in [-0.2, 0) is 14.3 Å². The van der Waals surface area contributed by atoms with Gasteiger partial charge in [0.15, 0.2) is 6.29 Å². The second kappa shape index (κ2) is 10.8. The minimum absolute atomic E-state index is 0.00284. The number of amides is 1. The Morgan fingerprint density at radius 1 is 1.27 bits per heavy atom. The molecule has 0 bridgehead atoms. The summed E-state index contributed by atoms with van der Waals surface area (Å²) in [6.45, 7) is 0.262. The molecule has 0 aliphatic heterocycles. The first kappa shape index (κ1) is 21.1. The molecule has 0 saturated carbocycles. The van der Waals surface area contributed by atoms with Crippen molar-refractivity contribution < 1.29 is 28.8 Å². The van der Waals surface area contributed by atoms with Crippen LogP contribution in [0.2, 0.25) is 0 Å². The summed E-state index contributed by atoms with van der Waals surface area (Å²) < 4.78 is 9.94. The highest BCUT2D eigenvalue weighted by Gasteiger charge is 2.15. The molecule has 0 saturated heterocycles. The van der Waals surface area contributed by atoms with Crippen molar-refractivity contribution in [3.05, 3.63) is 33.9 Å². The van der Waals surface area contributed by atoms with Crippen LogP contribution in [0.15, 0.2) is 18.2 Å². The highest BCUT2D eigenvalue weighted by Crippen LogP contribution is 2.23. The maximum absolute atomic E-state index is 11.8. The normalized spacial score (nSPS) is 10.1. The average molecular weight is 366 g/mol. The van der Waals surface area contributed by atoms with Crippen molar-refractivity contribution in [1.82, 2.24) is 4.90 Å². The van der Waals surface area contributed by atoms with Crippen molar-refractivity contribution in [2.75, 3.05) is 27.3 Å². The number of nitro groups is 1. The summed E-state index contributed by atoms with van der Waals surface area (Å²) >= 11 is 0. The number of likely N-dealkylation sites (N-methyl/N-ethyl adjacent to an activating group) is 1. The molecule has 0 fully saturated rings. The van der Waals surface area contributed by atoms with Crippen LogP contribution in [-0.4, -0.2) is 55.3 Å². The number of unbranched alkanes of at least 4 members (excludes halogenated alkanes) is 2. The minimum Gasteiger partial charge on any atom is -0.493 e. The Labute approximate surface area is 151 Å². The lowest BCUT2D eigenvalue weighted by Gasteiger charge is -2.15. The molecule has 9 nitrogen and oxygen atoms in total.